The van der Waals surface area contributed by atoms with Crippen LogP contribution in [-0.4, -0.2) is 16.3 Å². The Morgan fingerprint density at radius 2 is 1.64 bits per heavy atom. The summed E-state index contributed by atoms with van der Waals surface area (Å²) in [5, 5.41) is 18.8. The fourth-order valence-corrected chi connectivity index (χ4v) is 1.31. The predicted octanol–water partition coefficient (Wildman–Crippen LogP) is 1.41. The van der Waals surface area contributed by atoms with Crippen molar-refractivity contribution in [2.75, 3.05) is 0 Å². The maximum Gasteiger partial charge on any atom is 0.115 e. The lowest BCUT2D eigenvalue weighted by Gasteiger charge is -2.22. The van der Waals surface area contributed by atoms with Crippen LogP contribution in [0, 0.1) is 5.92 Å². The van der Waals surface area contributed by atoms with E-state index in [0.717, 1.165) is 5.56 Å². The number of aromatic hydroxyl groups is 1. The van der Waals surface area contributed by atoms with Crippen LogP contribution in [-0.2, 0) is 0 Å². The average molecular weight is 195 g/mol. The summed E-state index contributed by atoms with van der Waals surface area (Å²) in [6.07, 6.45) is -0.556. The van der Waals surface area contributed by atoms with Crippen molar-refractivity contribution in [3.8, 4) is 5.75 Å². The number of phenolic OH excluding ortho intramolecular Hbond substituents is 1. The van der Waals surface area contributed by atoms with Crippen molar-refractivity contribution in [1.82, 2.24) is 0 Å². The molecule has 0 saturated heterocycles. The molecule has 78 valence electrons. The van der Waals surface area contributed by atoms with E-state index in [1.54, 1.807) is 24.3 Å². The highest BCUT2D eigenvalue weighted by Gasteiger charge is 2.19. The minimum Gasteiger partial charge on any atom is -0.508 e. The summed E-state index contributed by atoms with van der Waals surface area (Å²) in [4.78, 5) is 0. The molecule has 0 radical (unpaired) electrons. The highest BCUT2D eigenvalue weighted by molar-refractivity contribution is 5.28. The van der Waals surface area contributed by atoms with Gasteiger partial charge in [-0.15, -0.1) is 0 Å². The molecule has 0 aliphatic carbocycles. The van der Waals surface area contributed by atoms with Crippen LogP contribution in [0.1, 0.15) is 25.5 Å². The van der Waals surface area contributed by atoms with Crippen LogP contribution >= 0.6 is 0 Å². The molecule has 0 amide bonds. The molecule has 0 unspecified atom stereocenters. The largest absolute Gasteiger partial charge is 0.508 e. The molecule has 0 aliphatic rings. The van der Waals surface area contributed by atoms with E-state index in [-0.39, 0.29) is 11.7 Å². The van der Waals surface area contributed by atoms with Gasteiger partial charge in [-0.2, -0.15) is 0 Å². The first-order valence-electron chi connectivity index (χ1n) is 4.75. The zero-order chi connectivity index (χ0) is 10.7. The second-order valence-electron chi connectivity index (χ2n) is 3.85. The monoisotopic (exact) mass is 195 g/mol. The lowest BCUT2D eigenvalue weighted by atomic mass is 9.94. The first kappa shape index (κ1) is 11.0. The average Bonchev–Trinajstić information content (AvgIpc) is 2.16. The Morgan fingerprint density at radius 3 is 2.07 bits per heavy atom. The number of hydrogen-bond donors (Lipinski definition) is 3. The number of rotatable bonds is 3. The maximum absolute atomic E-state index is 9.73. The van der Waals surface area contributed by atoms with Crippen LogP contribution in [0.15, 0.2) is 24.3 Å². The number of hydrogen-bond acceptors (Lipinski definition) is 3. The third kappa shape index (κ3) is 2.47. The fourth-order valence-electron chi connectivity index (χ4n) is 1.31. The summed E-state index contributed by atoms with van der Waals surface area (Å²) >= 11 is 0. The van der Waals surface area contributed by atoms with Gasteiger partial charge in [0.25, 0.3) is 0 Å². The van der Waals surface area contributed by atoms with Gasteiger partial charge >= 0.3 is 0 Å². The van der Waals surface area contributed by atoms with Crippen molar-refractivity contribution in [3.63, 3.8) is 0 Å². The van der Waals surface area contributed by atoms with Crippen molar-refractivity contribution in [1.29, 1.82) is 0 Å². The molecule has 14 heavy (non-hydrogen) atoms. The maximum atomic E-state index is 9.73. The molecule has 0 spiro atoms. The summed E-state index contributed by atoms with van der Waals surface area (Å²) < 4.78 is 0. The van der Waals surface area contributed by atoms with E-state index in [2.05, 4.69) is 0 Å². The summed E-state index contributed by atoms with van der Waals surface area (Å²) in [7, 11) is 0. The molecule has 4 N–H and O–H groups in total. The molecule has 1 rings (SSSR count). The third-order valence-electron chi connectivity index (χ3n) is 2.33. The third-order valence-corrected chi connectivity index (χ3v) is 2.33. The molecule has 0 heterocycles. The Morgan fingerprint density at radius 1 is 1.14 bits per heavy atom. The van der Waals surface area contributed by atoms with E-state index in [9.17, 15) is 5.11 Å². The zero-order valence-corrected chi connectivity index (χ0v) is 8.51. The molecule has 0 bridgehead atoms. The van der Waals surface area contributed by atoms with Gasteiger partial charge in [0.15, 0.2) is 0 Å². The molecule has 2 atom stereocenters. The van der Waals surface area contributed by atoms with Gasteiger partial charge in [0, 0.05) is 0 Å². The highest BCUT2D eigenvalue weighted by atomic mass is 16.3. The second-order valence-corrected chi connectivity index (χ2v) is 3.85. The van der Waals surface area contributed by atoms with Gasteiger partial charge in [0.2, 0.25) is 0 Å². The van der Waals surface area contributed by atoms with E-state index < -0.39 is 12.1 Å². The molecule has 0 aromatic heterocycles. The van der Waals surface area contributed by atoms with Crippen LogP contribution in [0.2, 0.25) is 0 Å². The molecule has 1 aromatic carbocycles. The molecule has 3 heteroatoms. The lowest BCUT2D eigenvalue weighted by Crippen LogP contribution is -2.30. The van der Waals surface area contributed by atoms with E-state index in [0.29, 0.717) is 0 Å². The molecular formula is C11H17NO2. The Hall–Kier alpha value is -1.06. The molecule has 3 nitrogen and oxygen atoms in total. The summed E-state index contributed by atoms with van der Waals surface area (Å²) in [5.41, 5.74) is 6.69. The Balaban J connectivity index is 2.78. The SMILES string of the molecule is CC(C)[C@H](O)[C@H](N)c1ccc(O)cc1. The summed E-state index contributed by atoms with van der Waals surface area (Å²) in [6, 6.07) is 6.21. The minimum atomic E-state index is -0.556. The van der Waals surface area contributed by atoms with Crippen LogP contribution in [0.5, 0.6) is 5.75 Å². The molecule has 0 fully saturated rings. The highest BCUT2D eigenvalue weighted by Crippen LogP contribution is 2.21. The standard InChI is InChI=1S/C11H17NO2/c1-7(2)11(14)10(12)8-3-5-9(13)6-4-8/h3-7,10-11,13-14H,12H2,1-2H3/t10-,11+/m1/s1. The van der Waals surface area contributed by atoms with Gasteiger partial charge in [-0.25, -0.2) is 0 Å². The van der Waals surface area contributed by atoms with Gasteiger partial charge in [-0.1, -0.05) is 26.0 Å². The molecule has 0 saturated carbocycles. The fraction of sp³-hybridized carbons (Fsp3) is 0.455. The smallest absolute Gasteiger partial charge is 0.115 e. The lowest BCUT2D eigenvalue weighted by molar-refractivity contribution is 0.0979. The quantitative estimate of drug-likeness (QED) is 0.683. The number of nitrogens with two attached hydrogens (primary N) is 1. The summed E-state index contributed by atoms with van der Waals surface area (Å²) in [6.45, 7) is 3.84. The van der Waals surface area contributed by atoms with E-state index >= 15 is 0 Å². The van der Waals surface area contributed by atoms with Crippen molar-refractivity contribution in [2.24, 2.45) is 11.7 Å². The van der Waals surface area contributed by atoms with E-state index in [4.69, 9.17) is 10.8 Å². The Labute approximate surface area is 84.2 Å². The van der Waals surface area contributed by atoms with Gasteiger partial charge in [0.1, 0.15) is 5.75 Å². The Bertz CT molecular complexity index is 282. The molecule has 0 aliphatic heterocycles. The van der Waals surface area contributed by atoms with Crippen molar-refractivity contribution in [2.45, 2.75) is 26.0 Å². The van der Waals surface area contributed by atoms with Gasteiger partial charge in [0.05, 0.1) is 12.1 Å². The van der Waals surface area contributed by atoms with Gasteiger partial charge in [-0.05, 0) is 23.6 Å². The van der Waals surface area contributed by atoms with Crippen molar-refractivity contribution >= 4 is 0 Å². The van der Waals surface area contributed by atoms with Gasteiger partial charge in [-0.3, -0.25) is 0 Å². The van der Waals surface area contributed by atoms with Crippen LogP contribution in [0.3, 0.4) is 0 Å². The van der Waals surface area contributed by atoms with Crippen molar-refractivity contribution < 1.29 is 10.2 Å². The first-order valence-corrected chi connectivity index (χ1v) is 4.75. The Kier molecular flexibility index (Phi) is 3.49. The zero-order valence-electron chi connectivity index (χ0n) is 8.51. The normalized spacial score (nSPS) is 15.5. The van der Waals surface area contributed by atoms with Gasteiger partial charge < -0.3 is 15.9 Å². The second kappa shape index (κ2) is 4.44. The number of phenols is 1. The summed E-state index contributed by atoms with van der Waals surface area (Å²) in [5.74, 6) is 0.332. The minimum absolute atomic E-state index is 0.124. The predicted molar refractivity (Wildman–Crippen MR) is 55.9 cm³/mol. The van der Waals surface area contributed by atoms with Crippen LogP contribution < -0.4 is 5.73 Å². The van der Waals surface area contributed by atoms with Crippen LogP contribution in [0.4, 0.5) is 0 Å². The topological polar surface area (TPSA) is 66.5 Å². The number of aliphatic hydroxyl groups is 1. The molecule has 1 aromatic rings. The number of aliphatic hydroxyl groups excluding tert-OH is 1. The van der Waals surface area contributed by atoms with Crippen LogP contribution in [0.25, 0.3) is 0 Å². The van der Waals surface area contributed by atoms with E-state index in [1.165, 1.54) is 0 Å². The van der Waals surface area contributed by atoms with E-state index in [1.807, 2.05) is 13.8 Å². The molecular weight excluding hydrogens is 178 g/mol. The first-order chi connectivity index (χ1) is 6.52. The van der Waals surface area contributed by atoms with Crippen molar-refractivity contribution in [3.05, 3.63) is 29.8 Å². The number of benzene rings is 1.